The average Bonchev–Trinajstić information content (AvgIpc) is 2.62. The largest absolute Gasteiger partial charge is 0.508 e. The fraction of sp³-hybridized carbons (Fsp3) is 0.750. The van der Waals surface area contributed by atoms with Crippen LogP contribution in [0, 0.1) is 5.92 Å². The van der Waals surface area contributed by atoms with Crippen molar-refractivity contribution < 1.29 is 5.11 Å². The van der Waals surface area contributed by atoms with Crippen LogP contribution in [0.5, 0.6) is 5.75 Å². The van der Waals surface area contributed by atoms with Crippen molar-refractivity contribution >= 4 is 0 Å². The Morgan fingerprint density at radius 1 is 0.640 bits per heavy atom. The van der Waals surface area contributed by atoms with Gasteiger partial charge in [-0.25, -0.2) is 0 Å². The van der Waals surface area contributed by atoms with Crippen LogP contribution in [0.1, 0.15) is 109 Å². The third-order valence-corrected chi connectivity index (χ3v) is 5.39. The van der Waals surface area contributed by atoms with Crippen molar-refractivity contribution in [1.82, 2.24) is 0 Å². The van der Waals surface area contributed by atoms with Gasteiger partial charge in [0.2, 0.25) is 0 Å². The van der Waals surface area contributed by atoms with Crippen molar-refractivity contribution in [2.75, 3.05) is 0 Å². The van der Waals surface area contributed by atoms with Crippen LogP contribution in [-0.2, 0) is 6.42 Å². The fourth-order valence-electron chi connectivity index (χ4n) is 3.74. The summed E-state index contributed by atoms with van der Waals surface area (Å²) in [6.45, 7) is 4.57. The van der Waals surface area contributed by atoms with Crippen LogP contribution in [0.25, 0.3) is 0 Å². The Balaban J connectivity index is 2.31. The summed E-state index contributed by atoms with van der Waals surface area (Å²) in [5.74, 6) is 1.20. The van der Waals surface area contributed by atoms with E-state index in [1.807, 2.05) is 12.1 Å². The minimum atomic E-state index is 0.382. The average molecular weight is 347 g/mol. The number of rotatable bonds is 16. The molecule has 0 bridgehead atoms. The van der Waals surface area contributed by atoms with E-state index < -0.39 is 0 Å². The molecule has 25 heavy (non-hydrogen) atoms. The van der Waals surface area contributed by atoms with E-state index in [0.717, 1.165) is 5.92 Å². The first kappa shape index (κ1) is 22.1. The van der Waals surface area contributed by atoms with Gasteiger partial charge in [-0.1, -0.05) is 116 Å². The molecule has 0 fully saturated rings. The number of phenols is 1. The van der Waals surface area contributed by atoms with Crippen LogP contribution < -0.4 is 0 Å². The quantitative estimate of drug-likeness (QED) is 0.300. The van der Waals surface area contributed by atoms with E-state index in [4.69, 9.17) is 0 Å². The molecule has 1 nitrogen and oxygen atoms in total. The summed E-state index contributed by atoms with van der Waals surface area (Å²) in [6.07, 6.45) is 20.6. The molecule has 144 valence electrons. The Labute approximate surface area is 157 Å². The summed E-state index contributed by atoms with van der Waals surface area (Å²) in [7, 11) is 0. The monoisotopic (exact) mass is 346 g/mol. The van der Waals surface area contributed by atoms with E-state index in [-0.39, 0.29) is 0 Å². The molecule has 0 aliphatic heterocycles. The van der Waals surface area contributed by atoms with Gasteiger partial charge in [0.1, 0.15) is 5.75 Å². The zero-order valence-electron chi connectivity index (χ0n) is 16.9. The molecule has 1 rings (SSSR count). The molecule has 0 aliphatic carbocycles. The Bertz CT molecular complexity index is 379. The summed E-state index contributed by atoms with van der Waals surface area (Å²) < 4.78 is 0. The molecule has 0 aromatic heterocycles. The van der Waals surface area contributed by atoms with Crippen molar-refractivity contribution in [1.29, 1.82) is 0 Å². The summed E-state index contributed by atoms with van der Waals surface area (Å²) in [5, 5.41) is 9.48. The van der Waals surface area contributed by atoms with Crippen molar-refractivity contribution in [3.8, 4) is 5.75 Å². The molecule has 0 unspecified atom stereocenters. The molecule has 0 aliphatic rings. The second kappa shape index (κ2) is 15.3. The van der Waals surface area contributed by atoms with Gasteiger partial charge in [0.05, 0.1) is 0 Å². The highest BCUT2D eigenvalue weighted by Gasteiger charge is 2.10. The van der Waals surface area contributed by atoms with Crippen LogP contribution >= 0.6 is 0 Å². The number of hydrogen-bond acceptors (Lipinski definition) is 1. The van der Waals surface area contributed by atoms with E-state index in [1.165, 1.54) is 102 Å². The van der Waals surface area contributed by atoms with Gasteiger partial charge in [-0.15, -0.1) is 0 Å². The van der Waals surface area contributed by atoms with Gasteiger partial charge in [0.15, 0.2) is 0 Å². The van der Waals surface area contributed by atoms with E-state index in [1.54, 1.807) is 0 Å². The molecule has 0 heterocycles. The lowest BCUT2D eigenvalue weighted by molar-refractivity contribution is 0.400. The van der Waals surface area contributed by atoms with Gasteiger partial charge in [-0.05, 0) is 30.0 Å². The lowest BCUT2D eigenvalue weighted by atomic mass is 9.88. The molecule has 0 saturated heterocycles. The van der Waals surface area contributed by atoms with Crippen LogP contribution in [-0.4, -0.2) is 5.11 Å². The SMILES string of the molecule is CCCCCCCCC(CCCCCCCC)Cc1ccc(O)cc1. The number of benzene rings is 1. The lowest BCUT2D eigenvalue weighted by Gasteiger charge is -2.17. The third kappa shape index (κ3) is 12.1. The van der Waals surface area contributed by atoms with Gasteiger partial charge in [0.25, 0.3) is 0 Å². The van der Waals surface area contributed by atoms with Gasteiger partial charge in [0, 0.05) is 0 Å². The fourth-order valence-corrected chi connectivity index (χ4v) is 3.74. The molecule has 1 N–H and O–H groups in total. The van der Waals surface area contributed by atoms with Gasteiger partial charge in [-0.3, -0.25) is 0 Å². The maximum absolute atomic E-state index is 9.48. The molecule has 0 amide bonds. The smallest absolute Gasteiger partial charge is 0.115 e. The first-order valence-corrected chi connectivity index (χ1v) is 11.0. The van der Waals surface area contributed by atoms with Crippen LogP contribution in [0.3, 0.4) is 0 Å². The first-order valence-electron chi connectivity index (χ1n) is 11.0. The highest BCUT2D eigenvalue weighted by atomic mass is 16.3. The van der Waals surface area contributed by atoms with Crippen molar-refractivity contribution in [3.05, 3.63) is 29.8 Å². The van der Waals surface area contributed by atoms with Crippen LogP contribution in [0.2, 0.25) is 0 Å². The molecular formula is C24H42O. The standard InChI is InChI=1S/C24H42O/c1-3-5-7-9-11-13-15-22(16-14-12-10-8-6-4-2)21-23-17-19-24(25)20-18-23/h17-20,22,25H,3-16,21H2,1-2H3. The number of hydrogen-bond donors (Lipinski definition) is 1. The molecular weight excluding hydrogens is 304 g/mol. The first-order chi connectivity index (χ1) is 12.3. The van der Waals surface area contributed by atoms with Gasteiger partial charge >= 0.3 is 0 Å². The zero-order chi connectivity index (χ0) is 18.2. The third-order valence-electron chi connectivity index (χ3n) is 5.39. The molecule has 0 radical (unpaired) electrons. The normalized spacial score (nSPS) is 11.3. The molecule has 0 atom stereocenters. The highest BCUT2D eigenvalue weighted by Crippen LogP contribution is 2.24. The lowest BCUT2D eigenvalue weighted by Crippen LogP contribution is -2.05. The van der Waals surface area contributed by atoms with E-state index in [0.29, 0.717) is 5.75 Å². The number of unbranched alkanes of at least 4 members (excludes halogenated alkanes) is 10. The second-order valence-corrected chi connectivity index (χ2v) is 7.85. The Morgan fingerprint density at radius 2 is 1.08 bits per heavy atom. The van der Waals surface area contributed by atoms with Crippen molar-refractivity contribution in [2.24, 2.45) is 5.92 Å². The van der Waals surface area contributed by atoms with E-state index >= 15 is 0 Å². The second-order valence-electron chi connectivity index (χ2n) is 7.85. The predicted octanol–water partition coefficient (Wildman–Crippen LogP) is 8.05. The minimum absolute atomic E-state index is 0.382. The Kier molecular flexibility index (Phi) is 13.5. The highest BCUT2D eigenvalue weighted by molar-refractivity contribution is 5.26. The van der Waals surface area contributed by atoms with E-state index in [9.17, 15) is 5.11 Å². The van der Waals surface area contributed by atoms with Crippen molar-refractivity contribution in [2.45, 2.75) is 110 Å². The molecule has 1 aromatic rings. The zero-order valence-corrected chi connectivity index (χ0v) is 16.9. The summed E-state index contributed by atoms with van der Waals surface area (Å²) >= 11 is 0. The van der Waals surface area contributed by atoms with Crippen LogP contribution in [0.4, 0.5) is 0 Å². The van der Waals surface area contributed by atoms with E-state index in [2.05, 4.69) is 26.0 Å². The topological polar surface area (TPSA) is 20.2 Å². The Hall–Kier alpha value is -0.980. The minimum Gasteiger partial charge on any atom is -0.508 e. The van der Waals surface area contributed by atoms with Gasteiger partial charge < -0.3 is 5.11 Å². The number of aromatic hydroxyl groups is 1. The molecule has 0 saturated carbocycles. The predicted molar refractivity (Wildman–Crippen MR) is 111 cm³/mol. The molecule has 0 spiro atoms. The van der Waals surface area contributed by atoms with Crippen LogP contribution in [0.15, 0.2) is 24.3 Å². The van der Waals surface area contributed by atoms with Crippen molar-refractivity contribution in [3.63, 3.8) is 0 Å². The molecule has 1 aromatic carbocycles. The summed E-state index contributed by atoms with van der Waals surface area (Å²) in [6, 6.07) is 7.87. The summed E-state index contributed by atoms with van der Waals surface area (Å²) in [4.78, 5) is 0. The van der Waals surface area contributed by atoms with Gasteiger partial charge in [-0.2, -0.15) is 0 Å². The Morgan fingerprint density at radius 3 is 1.56 bits per heavy atom. The maximum Gasteiger partial charge on any atom is 0.115 e. The summed E-state index contributed by atoms with van der Waals surface area (Å²) in [5.41, 5.74) is 1.39. The molecule has 1 heteroatoms. The number of phenolic OH excluding ortho intramolecular Hbond substituents is 1. The maximum atomic E-state index is 9.48.